The lowest BCUT2D eigenvalue weighted by Crippen LogP contribution is -2.44. The number of alkyl halides is 3. The summed E-state index contributed by atoms with van der Waals surface area (Å²) in [5.74, 6) is -1.19. The first-order valence-corrected chi connectivity index (χ1v) is 6.79. The van der Waals surface area contributed by atoms with Gasteiger partial charge in [0.05, 0.1) is 18.8 Å². The molecule has 1 unspecified atom stereocenters. The second kappa shape index (κ2) is 8.47. The predicted molar refractivity (Wildman–Crippen MR) is 77.7 cm³/mol. The second-order valence-electron chi connectivity index (χ2n) is 5.01. The Morgan fingerprint density at radius 3 is 2.74 bits per heavy atom. The van der Waals surface area contributed by atoms with E-state index in [9.17, 15) is 22.4 Å². The molecule has 2 N–H and O–H groups in total. The van der Waals surface area contributed by atoms with Gasteiger partial charge in [0.25, 0.3) is 0 Å². The second-order valence-corrected chi connectivity index (χ2v) is 5.01. The minimum Gasteiger partial charge on any atom is -0.378 e. The molecule has 1 fully saturated rings. The summed E-state index contributed by atoms with van der Waals surface area (Å²) in [6, 6.07) is 2.04. The largest absolute Gasteiger partial charge is 0.416 e. The molecule has 9 heteroatoms. The Balaban J connectivity index is 0.00000264. The summed E-state index contributed by atoms with van der Waals surface area (Å²) >= 11 is 0. The molecule has 1 aromatic rings. The molecule has 1 saturated heterocycles. The van der Waals surface area contributed by atoms with Crippen molar-refractivity contribution in [2.24, 2.45) is 0 Å². The van der Waals surface area contributed by atoms with Crippen LogP contribution in [0.15, 0.2) is 18.2 Å². The van der Waals surface area contributed by atoms with Gasteiger partial charge in [-0.3, -0.25) is 4.79 Å². The molecule has 0 aliphatic carbocycles. The van der Waals surface area contributed by atoms with Crippen molar-refractivity contribution in [2.75, 3.05) is 19.8 Å². The molecule has 1 amide bonds. The summed E-state index contributed by atoms with van der Waals surface area (Å²) in [4.78, 5) is 11.7. The minimum absolute atomic E-state index is 0. The topological polar surface area (TPSA) is 50.4 Å². The van der Waals surface area contributed by atoms with E-state index in [4.69, 9.17) is 4.74 Å². The molecule has 1 atom stereocenters. The van der Waals surface area contributed by atoms with Crippen molar-refractivity contribution in [1.29, 1.82) is 0 Å². The fourth-order valence-electron chi connectivity index (χ4n) is 2.23. The van der Waals surface area contributed by atoms with Crippen molar-refractivity contribution in [2.45, 2.75) is 25.2 Å². The number of hydrogen-bond acceptors (Lipinski definition) is 3. The molecule has 0 saturated carbocycles. The van der Waals surface area contributed by atoms with E-state index in [1.54, 1.807) is 0 Å². The maximum atomic E-state index is 13.1. The number of rotatable bonds is 4. The normalized spacial score (nSPS) is 18.2. The number of morpholine rings is 1. The van der Waals surface area contributed by atoms with Gasteiger partial charge in [0.2, 0.25) is 5.91 Å². The predicted octanol–water partition coefficient (Wildman–Crippen LogP) is 2.26. The van der Waals surface area contributed by atoms with Crippen LogP contribution in [0, 0.1) is 5.82 Å². The van der Waals surface area contributed by atoms with Crippen molar-refractivity contribution in [3.05, 3.63) is 35.1 Å². The Morgan fingerprint density at radius 2 is 2.13 bits per heavy atom. The molecule has 130 valence electrons. The van der Waals surface area contributed by atoms with Crippen LogP contribution < -0.4 is 10.6 Å². The van der Waals surface area contributed by atoms with E-state index in [0.29, 0.717) is 25.8 Å². The van der Waals surface area contributed by atoms with Crippen LogP contribution in [0.4, 0.5) is 17.6 Å². The highest BCUT2D eigenvalue weighted by Crippen LogP contribution is 2.32. The molecule has 0 spiro atoms. The number of hydrogen-bond donors (Lipinski definition) is 2. The molecule has 0 radical (unpaired) electrons. The zero-order valence-electron chi connectivity index (χ0n) is 12.1. The Bertz CT molecular complexity index is 534. The van der Waals surface area contributed by atoms with Gasteiger partial charge in [-0.2, -0.15) is 13.2 Å². The number of carbonyl (C=O) groups is 1. The molecule has 1 aliphatic rings. The van der Waals surface area contributed by atoms with Crippen LogP contribution in [0.3, 0.4) is 0 Å². The molecule has 2 rings (SSSR count). The number of ether oxygens (including phenoxy) is 1. The van der Waals surface area contributed by atoms with Crippen LogP contribution in [0.25, 0.3) is 0 Å². The van der Waals surface area contributed by atoms with Crippen LogP contribution in [-0.2, 0) is 22.3 Å². The van der Waals surface area contributed by atoms with Gasteiger partial charge in [0, 0.05) is 25.6 Å². The SMILES string of the molecule is Cl.O=C(CC1COCCN1)NCc1cc(F)ccc1C(F)(F)F. The first-order chi connectivity index (χ1) is 10.4. The van der Waals surface area contributed by atoms with Gasteiger partial charge in [0.15, 0.2) is 0 Å². The van der Waals surface area contributed by atoms with Gasteiger partial charge in [-0.15, -0.1) is 12.4 Å². The zero-order valence-corrected chi connectivity index (χ0v) is 12.9. The average Bonchev–Trinajstić information content (AvgIpc) is 2.45. The van der Waals surface area contributed by atoms with Crippen LogP contribution in [0.2, 0.25) is 0 Å². The third-order valence-electron chi connectivity index (χ3n) is 3.28. The standard InChI is InChI=1S/C14H16F4N2O2.ClH/c15-10-1-2-12(14(16,17)18)9(5-10)7-20-13(21)6-11-8-22-4-3-19-11;/h1-2,5,11,19H,3-4,6-8H2,(H,20,21);1H. The summed E-state index contributed by atoms with van der Waals surface area (Å²) in [5, 5.41) is 5.45. The lowest BCUT2D eigenvalue weighted by Gasteiger charge is -2.23. The van der Waals surface area contributed by atoms with Crippen molar-refractivity contribution >= 4 is 18.3 Å². The number of carbonyl (C=O) groups excluding carboxylic acids is 1. The van der Waals surface area contributed by atoms with Crippen molar-refractivity contribution in [3.63, 3.8) is 0 Å². The van der Waals surface area contributed by atoms with E-state index in [0.717, 1.165) is 12.1 Å². The molecule has 1 aromatic carbocycles. The Kier molecular flexibility index (Phi) is 7.24. The van der Waals surface area contributed by atoms with Crippen molar-refractivity contribution in [3.8, 4) is 0 Å². The van der Waals surface area contributed by atoms with Crippen LogP contribution in [0.1, 0.15) is 17.5 Å². The van der Waals surface area contributed by atoms with E-state index in [2.05, 4.69) is 10.6 Å². The lowest BCUT2D eigenvalue weighted by atomic mass is 10.1. The number of amides is 1. The summed E-state index contributed by atoms with van der Waals surface area (Å²) in [7, 11) is 0. The first kappa shape index (κ1) is 19.7. The molecular formula is C14H17ClF4N2O2. The van der Waals surface area contributed by atoms with Crippen LogP contribution in [0.5, 0.6) is 0 Å². The minimum atomic E-state index is -4.59. The Labute approximate surface area is 137 Å². The fourth-order valence-corrected chi connectivity index (χ4v) is 2.23. The highest BCUT2D eigenvalue weighted by atomic mass is 35.5. The summed E-state index contributed by atoms with van der Waals surface area (Å²) in [6.07, 6.45) is -4.50. The van der Waals surface area contributed by atoms with Gasteiger partial charge in [-0.25, -0.2) is 4.39 Å². The fraction of sp³-hybridized carbons (Fsp3) is 0.500. The summed E-state index contributed by atoms with van der Waals surface area (Å²) < 4.78 is 56.8. The van der Waals surface area contributed by atoms with E-state index in [1.807, 2.05) is 0 Å². The van der Waals surface area contributed by atoms with Crippen molar-refractivity contribution in [1.82, 2.24) is 10.6 Å². The molecule has 1 aliphatic heterocycles. The molecule has 23 heavy (non-hydrogen) atoms. The molecule has 1 heterocycles. The van der Waals surface area contributed by atoms with Gasteiger partial charge in [-0.05, 0) is 23.8 Å². The average molecular weight is 357 g/mol. The molecule has 0 bridgehead atoms. The number of benzene rings is 1. The Hall–Kier alpha value is -1.38. The van der Waals surface area contributed by atoms with E-state index in [1.165, 1.54) is 0 Å². The highest BCUT2D eigenvalue weighted by molar-refractivity contribution is 5.85. The van der Waals surface area contributed by atoms with E-state index in [-0.39, 0.29) is 37.0 Å². The Morgan fingerprint density at radius 1 is 1.39 bits per heavy atom. The van der Waals surface area contributed by atoms with Crippen LogP contribution in [-0.4, -0.2) is 31.7 Å². The monoisotopic (exact) mass is 356 g/mol. The van der Waals surface area contributed by atoms with Crippen LogP contribution >= 0.6 is 12.4 Å². The highest BCUT2D eigenvalue weighted by Gasteiger charge is 2.33. The van der Waals surface area contributed by atoms with Gasteiger partial charge in [-0.1, -0.05) is 0 Å². The zero-order chi connectivity index (χ0) is 16.2. The molecular weight excluding hydrogens is 340 g/mol. The lowest BCUT2D eigenvalue weighted by molar-refractivity contribution is -0.138. The number of nitrogens with one attached hydrogen (secondary N) is 2. The van der Waals surface area contributed by atoms with Crippen molar-refractivity contribution < 1.29 is 27.1 Å². The van der Waals surface area contributed by atoms with Gasteiger partial charge in [0.1, 0.15) is 5.82 Å². The van der Waals surface area contributed by atoms with E-state index >= 15 is 0 Å². The van der Waals surface area contributed by atoms with Gasteiger partial charge >= 0.3 is 6.18 Å². The third-order valence-corrected chi connectivity index (χ3v) is 3.28. The first-order valence-electron chi connectivity index (χ1n) is 6.79. The molecule has 4 nitrogen and oxygen atoms in total. The van der Waals surface area contributed by atoms with Gasteiger partial charge < -0.3 is 15.4 Å². The smallest absolute Gasteiger partial charge is 0.378 e. The third kappa shape index (κ3) is 5.96. The summed E-state index contributed by atoms with van der Waals surface area (Å²) in [5.41, 5.74) is -1.25. The maximum Gasteiger partial charge on any atom is 0.416 e. The quantitative estimate of drug-likeness (QED) is 0.814. The molecule has 0 aromatic heterocycles. The number of halogens is 5. The van der Waals surface area contributed by atoms with E-state index < -0.39 is 23.5 Å². The summed E-state index contributed by atoms with van der Waals surface area (Å²) in [6.45, 7) is 1.19. The maximum absolute atomic E-state index is 13.1.